The van der Waals surface area contributed by atoms with Gasteiger partial charge in [-0.3, -0.25) is 9.59 Å². The molecule has 3 aromatic rings. The third-order valence-electron chi connectivity index (χ3n) is 4.30. The van der Waals surface area contributed by atoms with Gasteiger partial charge in [-0.05, 0) is 11.6 Å². The molecule has 1 aromatic carbocycles. The molecule has 0 radical (unpaired) electrons. The Balaban J connectivity index is 1.53. The van der Waals surface area contributed by atoms with Gasteiger partial charge in [0.2, 0.25) is 11.8 Å². The van der Waals surface area contributed by atoms with Crippen molar-refractivity contribution in [1.29, 1.82) is 0 Å². The van der Waals surface area contributed by atoms with Crippen LogP contribution >= 0.6 is 23.1 Å². The Hall–Kier alpha value is -2.45. The minimum absolute atomic E-state index is 0.0683. The summed E-state index contributed by atoms with van der Waals surface area (Å²) in [6.45, 7) is 8.08. The van der Waals surface area contributed by atoms with Crippen molar-refractivity contribution in [2.45, 2.75) is 55.9 Å². The van der Waals surface area contributed by atoms with Gasteiger partial charge in [-0.25, -0.2) is 9.97 Å². The average Bonchev–Trinajstić information content (AvgIpc) is 3.35. The second-order valence-corrected chi connectivity index (χ2v) is 10.1. The number of ketones is 1. The van der Waals surface area contributed by atoms with Crippen molar-refractivity contribution in [2.75, 3.05) is 5.32 Å². The quantitative estimate of drug-likeness (QED) is 0.366. The van der Waals surface area contributed by atoms with E-state index >= 15 is 0 Å². The lowest BCUT2D eigenvalue weighted by atomic mass is 9.94. The zero-order valence-electron chi connectivity index (χ0n) is 17.5. The van der Waals surface area contributed by atoms with Crippen LogP contribution in [0.4, 0.5) is 5.13 Å². The Morgan fingerprint density at radius 2 is 2.00 bits per heavy atom. The average molecular weight is 444 g/mol. The molecular formula is C22H25N3O3S2. The first-order valence-corrected chi connectivity index (χ1v) is 11.5. The summed E-state index contributed by atoms with van der Waals surface area (Å²) in [5, 5.41) is 3.37. The number of rotatable bonds is 8. The molecule has 0 bridgehead atoms. The number of benzene rings is 1. The second kappa shape index (κ2) is 9.57. The fourth-order valence-corrected chi connectivity index (χ4v) is 4.39. The second-order valence-electron chi connectivity index (χ2n) is 7.84. The lowest BCUT2D eigenvalue weighted by molar-refractivity contribution is -0.115. The van der Waals surface area contributed by atoms with Gasteiger partial charge in [-0.2, -0.15) is 0 Å². The van der Waals surface area contributed by atoms with Gasteiger partial charge >= 0.3 is 0 Å². The maximum absolute atomic E-state index is 12.4. The number of amides is 1. The fraction of sp³-hybridized carbons (Fsp3) is 0.364. The van der Waals surface area contributed by atoms with Gasteiger partial charge < -0.3 is 9.73 Å². The van der Waals surface area contributed by atoms with Crippen molar-refractivity contribution >= 4 is 39.9 Å². The zero-order chi connectivity index (χ0) is 21.7. The predicted molar refractivity (Wildman–Crippen MR) is 120 cm³/mol. The maximum atomic E-state index is 12.4. The summed E-state index contributed by atoms with van der Waals surface area (Å²) < 4.78 is 6.77. The van der Waals surface area contributed by atoms with Gasteiger partial charge in [-0.15, -0.1) is 11.8 Å². The minimum Gasteiger partial charge on any atom is -0.444 e. The van der Waals surface area contributed by atoms with Crippen molar-refractivity contribution in [3.8, 4) is 0 Å². The number of carbonyl (C=O) groups is 2. The van der Waals surface area contributed by atoms with E-state index in [1.807, 2.05) is 13.0 Å². The number of Topliss-reactive ketones (excluding diaryl/α,β-unsaturated/α-hetero) is 1. The van der Waals surface area contributed by atoms with Crippen molar-refractivity contribution < 1.29 is 14.0 Å². The molecule has 0 fully saturated rings. The summed E-state index contributed by atoms with van der Waals surface area (Å²) in [7, 11) is 0. The summed E-state index contributed by atoms with van der Waals surface area (Å²) in [5.74, 6) is 2.04. The largest absolute Gasteiger partial charge is 0.444 e. The van der Waals surface area contributed by atoms with Gasteiger partial charge in [-0.1, -0.05) is 57.2 Å². The summed E-state index contributed by atoms with van der Waals surface area (Å²) in [5.41, 5.74) is 1.37. The molecule has 0 spiro atoms. The lowest BCUT2D eigenvalue weighted by Gasteiger charge is -2.12. The van der Waals surface area contributed by atoms with Crippen molar-refractivity contribution in [3.05, 3.63) is 59.4 Å². The Labute approximate surface area is 184 Å². The van der Waals surface area contributed by atoms with Crippen molar-refractivity contribution in [2.24, 2.45) is 0 Å². The number of thiazole rings is 1. The van der Waals surface area contributed by atoms with E-state index in [9.17, 15) is 9.59 Å². The van der Waals surface area contributed by atoms with Crippen LogP contribution in [0.2, 0.25) is 0 Å². The van der Waals surface area contributed by atoms with Crippen LogP contribution in [0.1, 0.15) is 61.7 Å². The van der Waals surface area contributed by atoms with Gasteiger partial charge in [0.05, 0.1) is 28.8 Å². The first-order valence-electron chi connectivity index (χ1n) is 9.70. The van der Waals surface area contributed by atoms with E-state index in [0.29, 0.717) is 28.8 Å². The number of aromatic nitrogens is 2. The lowest BCUT2D eigenvalue weighted by Crippen LogP contribution is -2.14. The molecule has 0 aliphatic rings. The fourth-order valence-electron chi connectivity index (χ4n) is 2.65. The summed E-state index contributed by atoms with van der Waals surface area (Å²) in [6, 6.07) is 7.20. The van der Waals surface area contributed by atoms with Gasteiger partial charge in [0, 0.05) is 17.4 Å². The van der Waals surface area contributed by atoms with Crippen LogP contribution in [0.25, 0.3) is 0 Å². The van der Waals surface area contributed by atoms with Crippen LogP contribution in [0.15, 0.2) is 45.3 Å². The molecule has 1 N–H and O–H groups in total. The van der Waals surface area contributed by atoms with Crippen molar-refractivity contribution in [1.82, 2.24) is 9.97 Å². The van der Waals surface area contributed by atoms with Crippen LogP contribution in [0.5, 0.6) is 0 Å². The molecular weight excluding hydrogens is 418 g/mol. The molecule has 2 aromatic heterocycles. The predicted octanol–water partition coefficient (Wildman–Crippen LogP) is 5.49. The molecule has 0 atom stereocenters. The number of hydrogen-bond acceptors (Lipinski definition) is 7. The third-order valence-corrected chi connectivity index (χ3v) is 6.39. The Kier molecular flexibility index (Phi) is 7.10. The van der Waals surface area contributed by atoms with E-state index in [1.54, 1.807) is 42.4 Å². The van der Waals surface area contributed by atoms with Crippen LogP contribution < -0.4 is 5.32 Å². The van der Waals surface area contributed by atoms with E-state index in [4.69, 9.17) is 4.42 Å². The Morgan fingerprint density at radius 3 is 2.70 bits per heavy atom. The molecule has 3 rings (SSSR count). The zero-order valence-corrected chi connectivity index (χ0v) is 19.2. The van der Waals surface area contributed by atoms with E-state index in [2.05, 4.69) is 36.1 Å². The number of oxazole rings is 1. The summed E-state index contributed by atoms with van der Waals surface area (Å²) >= 11 is 2.98. The highest BCUT2D eigenvalue weighted by molar-refractivity contribution is 8.00. The molecule has 30 heavy (non-hydrogen) atoms. The topological polar surface area (TPSA) is 85.1 Å². The summed E-state index contributed by atoms with van der Waals surface area (Å²) in [6.07, 6.45) is 4.15. The highest BCUT2D eigenvalue weighted by atomic mass is 32.2. The number of anilines is 1. The van der Waals surface area contributed by atoms with Crippen LogP contribution in [0.3, 0.4) is 0 Å². The first kappa shape index (κ1) is 22.2. The molecule has 8 heteroatoms. The molecule has 2 heterocycles. The highest BCUT2D eigenvalue weighted by Crippen LogP contribution is 2.31. The van der Waals surface area contributed by atoms with E-state index in [-0.39, 0.29) is 23.5 Å². The normalized spacial score (nSPS) is 11.5. The molecule has 0 aliphatic carbocycles. The third kappa shape index (κ3) is 6.03. The number of nitrogens with zero attached hydrogens (tertiary/aromatic N) is 2. The van der Waals surface area contributed by atoms with E-state index < -0.39 is 0 Å². The monoisotopic (exact) mass is 443 g/mol. The van der Waals surface area contributed by atoms with E-state index in [1.165, 1.54) is 11.3 Å². The minimum atomic E-state index is -0.162. The molecule has 6 nitrogen and oxygen atoms in total. The number of thioether (sulfide) groups is 1. The first-order chi connectivity index (χ1) is 14.2. The summed E-state index contributed by atoms with van der Waals surface area (Å²) in [4.78, 5) is 32.8. The highest BCUT2D eigenvalue weighted by Gasteiger charge is 2.19. The maximum Gasteiger partial charge on any atom is 0.230 e. The Bertz CT molecular complexity index is 1030. The van der Waals surface area contributed by atoms with Crippen molar-refractivity contribution in [3.63, 3.8) is 0 Å². The molecule has 158 valence electrons. The molecule has 0 saturated heterocycles. The smallest absolute Gasteiger partial charge is 0.230 e. The molecule has 0 unspecified atom stereocenters. The number of hydrogen-bond donors (Lipinski definition) is 1. The van der Waals surface area contributed by atoms with Gasteiger partial charge in [0.15, 0.2) is 10.9 Å². The number of nitrogens with one attached hydrogen (secondary N) is 1. The van der Waals surface area contributed by atoms with Gasteiger partial charge in [0.1, 0.15) is 5.76 Å². The standard InChI is InChI=1S/C22H25N3O3S2/c1-5-16(26)15-8-6-7-14(9-15)10-18(27)25-21-24-12-20(30-21)29-13-19-23-11-17(28-19)22(2,3)4/h6-9,11-12H,5,10,13H2,1-4H3,(H,24,25,27). The molecule has 0 saturated carbocycles. The van der Waals surface area contributed by atoms with Crippen LogP contribution in [0, 0.1) is 0 Å². The van der Waals surface area contributed by atoms with Crippen LogP contribution in [-0.4, -0.2) is 21.7 Å². The SMILES string of the molecule is CCC(=O)c1cccc(CC(=O)Nc2ncc(SCc3ncc(C(C)(C)C)o3)s2)c1. The van der Waals surface area contributed by atoms with Crippen LogP contribution in [-0.2, 0) is 22.4 Å². The Morgan fingerprint density at radius 1 is 1.20 bits per heavy atom. The number of carbonyl (C=O) groups excluding carboxylic acids is 2. The van der Waals surface area contributed by atoms with E-state index in [0.717, 1.165) is 15.5 Å². The molecule has 1 amide bonds. The molecule has 0 aliphatic heterocycles. The van der Waals surface area contributed by atoms with Gasteiger partial charge in [0.25, 0.3) is 0 Å².